The van der Waals surface area contributed by atoms with E-state index in [1.165, 1.54) is 10.9 Å². The number of aryl methyl sites for hydroxylation is 1. The van der Waals surface area contributed by atoms with Crippen molar-refractivity contribution in [2.45, 2.75) is 18.9 Å². The molecule has 0 radical (unpaired) electrons. The SMILES string of the molecule is CN1C(=O)C[C@H]2CCN(c3nccc(-c4cn(C)c5ccccc45)n3)C[C@H]21. The van der Waals surface area contributed by atoms with Crippen LogP contribution in [-0.4, -0.2) is 51.5 Å². The van der Waals surface area contributed by atoms with E-state index in [1.807, 2.05) is 24.2 Å². The van der Waals surface area contributed by atoms with E-state index in [1.54, 1.807) is 0 Å². The number of piperidine rings is 1. The predicted molar refractivity (Wildman–Crippen MR) is 105 cm³/mol. The van der Waals surface area contributed by atoms with Crippen molar-refractivity contribution in [1.82, 2.24) is 19.4 Å². The molecule has 3 aromatic rings. The third-order valence-corrected chi connectivity index (χ3v) is 6.15. The number of aromatic nitrogens is 3. The Kier molecular flexibility index (Phi) is 3.67. The molecule has 0 aliphatic carbocycles. The zero-order valence-corrected chi connectivity index (χ0v) is 15.7. The summed E-state index contributed by atoms with van der Waals surface area (Å²) in [7, 11) is 3.98. The molecule has 1 amide bonds. The maximum Gasteiger partial charge on any atom is 0.225 e. The van der Waals surface area contributed by atoms with Gasteiger partial charge in [-0.05, 0) is 24.5 Å². The molecule has 0 unspecified atom stereocenters. The Morgan fingerprint density at radius 3 is 2.89 bits per heavy atom. The maximum atomic E-state index is 12.0. The molecule has 0 bridgehead atoms. The second-order valence-electron chi connectivity index (χ2n) is 7.68. The summed E-state index contributed by atoms with van der Waals surface area (Å²) in [5.41, 5.74) is 3.26. The molecule has 6 heteroatoms. The molecule has 0 N–H and O–H groups in total. The van der Waals surface area contributed by atoms with Crippen LogP contribution < -0.4 is 4.90 Å². The van der Waals surface area contributed by atoms with E-state index >= 15 is 0 Å². The highest BCUT2D eigenvalue weighted by Crippen LogP contribution is 2.34. The summed E-state index contributed by atoms with van der Waals surface area (Å²) in [4.78, 5) is 25.6. The molecule has 138 valence electrons. The average molecular weight is 361 g/mol. The molecule has 2 saturated heterocycles. The van der Waals surface area contributed by atoms with Gasteiger partial charge in [-0.15, -0.1) is 0 Å². The van der Waals surface area contributed by atoms with Gasteiger partial charge < -0.3 is 14.4 Å². The van der Waals surface area contributed by atoms with Crippen LogP contribution in [0.15, 0.2) is 42.7 Å². The largest absolute Gasteiger partial charge is 0.350 e. The van der Waals surface area contributed by atoms with Crippen molar-refractivity contribution >= 4 is 22.8 Å². The van der Waals surface area contributed by atoms with Crippen molar-refractivity contribution in [2.24, 2.45) is 13.0 Å². The fraction of sp³-hybridized carbons (Fsp3) is 0.381. The quantitative estimate of drug-likeness (QED) is 0.704. The Labute approximate surface area is 158 Å². The van der Waals surface area contributed by atoms with Crippen LogP contribution in [-0.2, 0) is 11.8 Å². The summed E-state index contributed by atoms with van der Waals surface area (Å²) in [5, 5.41) is 1.20. The standard InChI is InChI=1S/C21H23N5O/c1-24-12-16(15-5-3-4-6-18(15)24)17-7-9-22-21(23-17)26-10-8-14-11-20(27)25(2)19(14)13-26/h3-7,9,12,14,19H,8,10-11,13H2,1-2H3/t14-,19-/m1/s1. The normalized spacial score (nSPS) is 22.5. The Hall–Kier alpha value is -2.89. The number of carbonyl (C=O) groups is 1. The molecular formula is C21H23N5O. The van der Waals surface area contributed by atoms with Crippen molar-refractivity contribution in [3.8, 4) is 11.3 Å². The van der Waals surface area contributed by atoms with Gasteiger partial charge in [0.05, 0.1) is 11.7 Å². The van der Waals surface area contributed by atoms with Gasteiger partial charge in [0.15, 0.2) is 0 Å². The van der Waals surface area contributed by atoms with E-state index in [-0.39, 0.29) is 11.9 Å². The van der Waals surface area contributed by atoms with Crippen LogP contribution in [0.4, 0.5) is 5.95 Å². The molecule has 2 aliphatic rings. The fourth-order valence-corrected chi connectivity index (χ4v) is 4.59. The molecule has 5 rings (SSSR count). The van der Waals surface area contributed by atoms with Gasteiger partial charge in [0.25, 0.3) is 0 Å². The summed E-state index contributed by atoms with van der Waals surface area (Å²) in [5.74, 6) is 1.49. The molecule has 0 spiro atoms. The number of hydrogen-bond acceptors (Lipinski definition) is 4. The Bertz CT molecular complexity index is 1030. The van der Waals surface area contributed by atoms with Crippen LogP contribution in [0.2, 0.25) is 0 Å². The minimum Gasteiger partial charge on any atom is -0.350 e. The van der Waals surface area contributed by atoms with Crippen LogP contribution in [0.1, 0.15) is 12.8 Å². The van der Waals surface area contributed by atoms with Gasteiger partial charge in [-0.25, -0.2) is 9.97 Å². The second-order valence-corrected chi connectivity index (χ2v) is 7.68. The summed E-state index contributed by atoms with van der Waals surface area (Å²) in [6, 6.07) is 10.6. The van der Waals surface area contributed by atoms with Gasteiger partial charge in [0.1, 0.15) is 0 Å². The van der Waals surface area contributed by atoms with Crippen LogP contribution in [0, 0.1) is 5.92 Å². The number of benzene rings is 1. The van der Waals surface area contributed by atoms with E-state index in [2.05, 4.69) is 52.0 Å². The molecule has 2 fully saturated rings. The van der Waals surface area contributed by atoms with E-state index in [4.69, 9.17) is 4.98 Å². The number of amides is 1. The van der Waals surface area contributed by atoms with Crippen LogP contribution in [0.5, 0.6) is 0 Å². The first-order valence-electron chi connectivity index (χ1n) is 9.50. The smallest absolute Gasteiger partial charge is 0.225 e. The number of para-hydroxylation sites is 1. The second kappa shape index (κ2) is 6.08. The lowest BCUT2D eigenvalue weighted by atomic mass is 9.92. The highest BCUT2D eigenvalue weighted by molar-refractivity contribution is 5.95. The lowest BCUT2D eigenvalue weighted by molar-refractivity contribution is -0.127. The molecule has 27 heavy (non-hydrogen) atoms. The summed E-state index contributed by atoms with van der Waals surface area (Å²) in [6.45, 7) is 1.72. The number of nitrogens with zero attached hydrogens (tertiary/aromatic N) is 5. The van der Waals surface area contributed by atoms with E-state index < -0.39 is 0 Å². The van der Waals surface area contributed by atoms with Gasteiger partial charge in [0, 0.05) is 62.5 Å². The third-order valence-electron chi connectivity index (χ3n) is 6.15. The molecule has 4 heterocycles. The molecule has 2 aromatic heterocycles. The lowest BCUT2D eigenvalue weighted by Crippen LogP contribution is -2.48. The molecule has 2 atom stereocenters. The van der Waals surface area contributed by atoms with Crippen LogP contribution in [0.25, 0.3) is 22.2 Å². The first-order chi connectivity index (χ1) is 13.1. The number of likely N-dealkylation sites (tertiary alicyclic amines) is 1. The molecule has 0 saturated carbocycles. The Morgan fingerprint density at radius 1 is 1.15 bits per heavy atom. The number of carbonyl (C=O) groups excluding carboxylic acids is 1. The first-order valence-corrected chi connectivity index (χ1v) is 9.50. The molecule has 2 aliphatic heterocycles. The molecule has 6 nitrogen and oxygen atoms in total. The van der Waals surface area contributed by atoms with Gasteiger partial charge in [-0.2, -0.15) is 0 Å². The van der Waals surface area contributed by atoms with Gasteiger partial charge in [0.2, 0.25) is 11.9 Å². The van der Waals surface area contributed by atoms with Crippen molar-refractivity contribution in [1.29, 1.82) is 0 Å². The van der Waals surface area contributed by atoms with Crippen LogP contribution in [0.3, 0.4) is 0 Å². The minimum absolute atomic E-state index is 0.261. The summed E-state index contributed by atoms with van der Waals surface area (Å²) < 4.78 is 2.14. The Balaban J connectivity index is 1.48. The number of anilines is 1. The van der Waals surface area contributed by atoms with Gasteiger partial charge >= 0.3 is 0 Å². The lowest BCUT2D eigenvalue weighted by Gasteiger charge is -2.37. The minimum atomic E-state index is 0.261. The van der Waals surface area contributed by atoms with E-state index in [0.29, 0.717) is 12.3 Å². The summed E-state index contributed by atoms with van der Waals surface area (Å²) in [6.07, 6.45) is 5.68. The molecular weight excluding hydrogens is 338 g/mol. The highest BCUT2D eigenvalue weighted by Gasteiger charge is 2.41. The Morgan fingerprint density at radius 2 is 2.00 bits per heavy atom. The van der Waals surface area contributed by atoms with Crippen LogP contribution >= 0.6 is 0 Å². The van der Waals surface area contributed by atoms with Gasteiger partial charge in [-0.3, -0.25) is 4.79 Å². The van der Waals surface area contributed by atoms with Crippen molar-refractivity contribution in [3.05, 3.63) is 42.7 Å². The van der Waals surface area contributed by atoms with Crippen molar-refractivity contribution in [2.75, 3.05) is 25.0 Å². The van der Waals surface area contributed by atoms with E-state index in [9.17, 15) is 4.79 Å². The maximum absolute atomic E-state index is 12.0. The van der Waals surface area contributed by atoms with Gasteiger partial charge in [-0.1, -0.05) is 18.2 Å². The highest BCUT2D eigenvalue weighted by atomic mass is 16.2. The number of rotatable bonds is 2. The van der Waals surface area contributed by atoms with Crippen molar-refractivity contribution < 1.29 is 4.79 Å². The number of likely N-dealkylation sites (N-methyl/N-ethyl adjacent to an activating group) is 1. The predicted octanol–water partition coefficient (Wildman–Crippen LogP) is 2.69. The first kappa shape index (κ1) is 16.3. The topological polar surface area (TPSA) is 54.3 Å². The fourth-order valence-electron chi connectivity index (χ4n) is 4.59. The zero-order valence-electron chi connectivity index (χ0n) is 15.7. The van der Waals surface area contributed by atoms with E-state index in [0.717, 1.165) is 36.7 Å². The molecule has 1 aromatic carbocycles. The van der Waals surface area contributed by atoms with Crippen molar-refractivity contribution in [3.63, 3.8) is 0 Å². The number of hydrogen-bond donors (Lipinski definition) is 0. The average Bonchev–Trinajstić information content (AvgIpc) is 3.19. The summed E-state index contributed by atoms with van der Waals surface area (Å²) >= 11 is 0. The monoisotopic (exact) mass is 361 g/mol. The third kappa shape index (κ3) is 2.59. The number of fused-ring (bicyclic) bond motifs is 2. The zero-order chi connectivity index (χ0) is 18.5.